The molecule has 0 amide bonds. The number of ether oxygens (including phenoxy) is 2. The van der Waals surface area contributed by atoms with E-state index in [-0.39, 0.29) is 0 Å². The van der Waals surface area contributed by atoms with E-state index in [2.05, 4.69) is 40.3 Å². The molecule has 0 fully saturated rings. The summed E-state index contributed by atoms with van der Waals surface area (Å²) in [5.74, 6) is 1.49. The van der Waals surface area contributed by atoms with E-state index in [1.54, 1.807) is 0 Å². The molecule has 0 saturated heterocycles. The van der Waals surface area contributed by atoms with E-state index in [0.29, 0.717) is 18.2 Å². The van der Waals surface area contributed by atoms with Crippen molar-refractivity contribution >= 4 is 27.5 Å². The van der Waals surface area contributed by atoms with Gasteiger partial charge in [-0.05, 0) is 71.2 Å². The summed E-state index contributed by atoms with van der Waals surface area (Å²) in [6, 6.07) is 11.8. The Morgan fingerprint density at radius 1 is 1.00 bits per heavy atom. The lowest BCUT2D eigenvalue weighted by Crippen LogP contribution is -2.15. The van der Waals surface area contributed by atoms with E-state index in [4.69, 9.17) is 21.1 Å². The maximum Gasteiger partial charge on any atom is 0.175 e. The van der Waals surface area contributed by atoms with Gasteiger partial charge >= 0.3 is 0 Å². The molecule has 0 aliphatic heterocycles. The molecule has 0 atom stereocenters. The molecule has 148 valence electrons. The summed E-state index contributed by atoms with van der Waals surface area (Å²) < 4.78 is 12.8. The van der Waals surface area contributed by atoms with Crippen molar-refractivity contribution < 1.29 is 9.47 Å². The number of rotatable bonds is 12. The Kier molecular flexibility index (Phi) is 10.0. The molecule has 0 saturated carbocycles. The summed E-state index contributed by atoms with van der Waals surface area (Å²) in [6.07, 6.45) is 5.07. The van der Waals surface area contributed by atoms with Crippen molar-refractivity contribution in [3.05, 3.63) is 57.0 Å². The lowest BCUT2D eigenvalue weighted by molar-refractivity contribution is 0.267. The third kappa shape index (κ3) is 7.73. The largest absolute Gasteiger partial charge is 0.490 e. The number of unbranched alkanes of at least 4 members (excludes halogenated alkanes) is 3. The normalized spacial score (nSPS) is 10.8. The maximum absolute atomic E-state index is 6.05. The molecule has 3 nitrogen and oxygen atoms in total. The lowest BCUT2D eigenvalue weighted by atomic mass is 10.1. The third-order valence-corrected chi connectivity index (χ3v) is 5.00. The third-order valence-electron chi connectivity index (χ3n) is 4.18. The summed E-state index contributed by atoms with van der Waals surface area (Å²) in [7, 11) is 0. The summed E-state index contributed by atoms with van der Waals surface area (Å²) >= 11 is 9.69. The molecule has 0 aliphatic carbocycles. The SMILES string of the molecule is CCCCCCNCc1cc(Br)c(OCc2cccc(Cl)c2)c(OCC)c1. The topological polar surface area (TPSA) is 30.5 Å². The van der Waals surface area contributed by atoms with Crippen LogP contribution in [0.4, 0.5) is 0 Å². The molecule has 0 unspecified atom stereocenters. The average Bonchev–Trinajstić information content (AvgIpc) is 2.64. The van der Waals surface area contributed by atoms with Crippen molar-refractivity contribution in [1.82, 2.24) is 5.32 Å². The first-order valence-electron chi connectivity index (χ1n) is 9.67. The van der Waals surface area contributed by atoms with Gasteiger partial charge in [0.1, 0.15) is 6.61 Å². The second kappa shape index (κ2) is 12.3. The maximum atomic E-state index is 6.05. The standard InChI is InChI=1S/C22H29BrClNO2/c1-3-5-6-7-11-25-15-18-13-20(23)22(21(14-18)26-4-2)27-16-17-9-8-10-19(24)12-17/h8-10,12-14,25H,3-7,11,15-16H2,1-2H3. The van der Waals surface area contributed by atoms with Crippen molar-refractivity contribution in [1.29, 1.82) is 0 Å². The zero-order chi connectivity index (χ0) is 19.5. The van der Waals surface area contributed by atoms with Crippen molar-refractivity contribution in [2.45, 2.75) is 52.7 Å². The van der Waals surface area contributed by atoms with Crippen LogP contribution in [0.3, 0.4) is 0 Å². The summed E-state index contributed by atoms with van der Waals surface area (Å²) in [4.78, 5) is 0. The molecule has 5 heteroatoms. The Morgan fingerprint density at radius 2 is 1.85 bits per heavy atom. The summed E-state index contributed by atoms with van der Waals surface area (Å²) in [5, 5.41) is 4.22. The highest BCUT2D eigenvalue weighted by Gasteiger charge is 2.13. The first-order chi connectivity index (χ1) is 13.1. The van der Waals surface area contributed by atoms with Crippen molar-refractivity contribution in [2.24, 2.45) is 0 Å². The molecular formula is C22H29BrClNO2. The molecule has 27 heavy (non-hydrogen) atoms. The Bertz CT molecular complexity index is 709. The molecule has 2 aromatic carbocycles. The molecule has 2 aromatic rings. The van der Waals surface area contributed by atoms with E-state index in [1.807, 2.05) is 31.2 Å². The molecule has 0 bridgehead atoms. The first kappa shape index (κ1) is 22.1. The van der Waals surface area contributed by atoms with Gasteiger partial charge in [-0.15, -0.1) is 0 Å². The van der Waals surface area contributed by atoms with Crippen LogP contribution in [0.25, 0.3) is 0 Å². The number of hydrogen-bond acceptors (Lipinski definition) is 3. The Hall–Kier alpha value is -1.23. The zero-order valence-corrected chi connectivity index (χ0v) is 18.5. The Morgan fingerprint density at radius 3 is 2.59 bits per heavy atom. The number of hydrogen-bond donors (Lipinski definition) is 1. The quantitative estimate of drug-likeness (QED) is 0.360. The van der Waals surface area contributed by atoms with Crippen LogP contribution in [0.2, 0.25) is 5.02 Å². The molecular weight excluding hydrogens is 426 g/mol. The highest BCUT2D eigenvalue weighted by molar-refractivity contribution is 9.10. The zero-order valence-electron chi connectivity index (χ0n) is 16.2. The van der Waals surface area contributed by atoms with Gasteiger partial charge in [-0.3, -0.25) is 0 Å². The van der Waals surface area contributed by atoms with E-state index in [1.165, 1.54) is 31.2 Å². The fourth-order valence-corrected chi connectivity index (χ4v) is 3.63. The van der Waals surface area contributed by atoms with E-state index in [9.17, 15) is 0 Å². The van der Waals surface area contributed by atoms with Crippen molar-refractivity contribution in [3.63, 3.8) is 0 Å². The summed E-state index contributed by atoms with van der Waals surface area (Å²) in [5.41, 5.74) is 2.20. The highest BCUT2D eigenvalue weighted by Crippen LogP contribution is 2.37. The van der Waals surface area contributed by atoms with Crippen LogP contribution in [0.1, 0.15) is 50.7 Å². The minimum absolute atomic E-state index is 0.439. The fraction of sp³-hybridized carbons (Fsp3) is 0.455. The van der Waals surface area contributed by atoms with Gasteiger partial charge in [-0.25, -0.2) is 0 Å². The molecule has 2 rings (SSSR count). The van der Waals surface area contributed by atoms with Gasteiger partial charge in [-0.1, -0.05) is 49.9 Å². The van der Waals surface area contributed by atoms with Crippen LogP contribution in [-0.4, -0.2) is 13.2 Å². The van der Waals surface area contributed by atoms with Gasteiger partial charge in [-0.2, -0.15) is 0 Å². The lowest BCUT2D eigenvalue weighted by Gasteiger charge is -2.16. The fourth-order valence-electron chi connectivity index (χ4n) is 2.82. The monoisotopic (exact) mass is 453 g/mol. The van der Waals surface area contributed by atoms with E-state index in [0.717, 1.165) is 34.6 Å². The summed E-state index contributed by atoms with van der Waals surface area (Å²) in [6.45, 7) is 7.10. The molecule has 0 heterocycles. The molecule has 0 radical (unpaired) electrons. The van der Waals surface area contributed by atoms with Gasteiger partial charge in [0, 0.05) is 11.6 Å². The second-order valence-corrected chi connectivity index (χ2v) is 7.78. The smallest absolute Gasteiger partial charge is 0.175 e. The van der Waals surface area contributed by atoms with Crippen LogP contribution >= 0.6 is 27.5 Å². The second-order valence-electron chi connectivity index (χ2n) is 6.49. The Balaban J connectivity index is 1.99. The number of benzene rings is 2. The van der Waals surface area contributed by atoms with Gasteiger partial charge in [0.15, 0.2) is 11.5 Å². The van der Waals surface area contributed by atoms with Gasteiger partial charge in [0.25, 0.3) is 0 Å². The molecule has 1 N–H and O–H groups in total. The minimum Gasteiger partial charge on any atom is -0.490 e. The first-order valence-corrected chi connectivity index (χ1v) is 10.8. The minimum atomic E-state index is 0.439. The molecule has 0 aromatic heterocycles. The van der Waals surface area contributed by atoms with Gasteiger partial charge in [0.2, 0.25) is 0 Å². The van der Waals surface area contributed by atoms with Gasteiger partial charge in [0.05, 0.1) is 11.1 Å². The van der Waals surface area contributed by atoms with E-state index >= 15 is 0 Å². The van der Waals surface area contributed by atoms with Crippen LogP contribution in [-0.2, 0) is 13.2 Å². The number of halogens is 2. The highest BCUT2D eigenvalue weighted by atomic mass is 79.9. The van der Waals surface area contributed by atoms with Crippen LogP contribution in [0.5, 0.6) is 11.5 Å². The molecule has 0 aliphatic rings. The Labute approximate surface area is 176 Å². The van der Waals surface area contributed by atoms with Crippen molar-refractivity contribution in [2.75, 3.05) is 13.2 Å². The van der Waals surface area contributed by atoms with E-state index < -0.39 is 0 Å². The van der Waals surface area contributed by atoms with Gasteiger partial charge < -0.3 is 14.8 Å². The van der Waals surface area contributed by atoms with Crippen LogP contribution in [0, 0.1) is 0 Å². The predicted molar refractivity (Wildman–Crippen MR) is 117 cm³/mol. The van der Waals surface area contributed by atoms with Crippen molar-refractivity contribution in [3.8, 4) is 11.5 Å². The number of nitrogens with one attached hydrogen (secondary N) is 1. The predicted octanol–water partition coefficient (Wildman–Crippen LogP) is 6.75. The van der Waals surface area contributed by atoms with Crippen LogP contribution in [0.15, 0.2) is 40.9 Å². The average molecular weight is 455 g/mol. The molecule has 0 spiro atoms. The van der Waals surface area contributed by atoms with Crippen LogP contribution < -0.4 is 14.8 Å².